The normalized spacial score (nSPS) is 20.0. The van der Waals surface area contributed by atoms with Gasteiger partial charge in [0.2, 0.25) is 0 Å². The molecule has 192 valence electrons. The fourth-order valence-corrected chi connectivity index (χ4v) is 20.4. The van der Waals surface area contributed by atoms with Crippen molar-refractivity contribution in [2.45, 2.75) is 91.9 Å². The third kappa shape index (κ3) is 5.85. The highest BCUT2D eigenvalue weighted by atomic mass is 28.5. The Balaban J connectivity index is 2.47. The minimum absolute atomic E-state index is 0.0687. The van der Waals surface area contributed by atoms with Gasteiger partial charge in [0, 0.05) is 22.2 Å². The molecule has 1 aliphatic rings. The van der Waals surface area contributed by atoms with E-state index < -0.39 is 25.3 Å². The first-order valence-electron chi connectivity index (χ1n) is 12.8. The Hall–Kier alpha value is -1.65. The van der Waals surface area contributed by atoms with Crippen LogP contribution < -0.4 is 4.65 Å². The van der Waals surface area contributed by atoms with Crippen LogP contribution in [0.15, 0.2) is 60.7 Å². The molecule has 0 saturated carbocycles. The molecule has 1 heterocycles. The fraction of sp³-hybridized carbons (Fsp3) is 0.500. The zero-order valence-electron chi connectivity index (χ0n) is 24.1. The van der Waals surface area contributed by atoms with E-state index in [1.165, 1.54) is 11.3 Å². The largest absolute Gasteiger partial charge is 0.529 e. The van der Waals surface area contributed by atoms with Gasteiger partial charge in [-0.1, -0.05) is 99.9 Å². The topological polar surface area (TPSA) is 27.7 Å². The van der Waals surface area contributed by atoms with E-state index in [1.807, 2.05) is 0 Å². The third-order valence-electron chi connectivity index (χ3n) is 5.92. The molecule has 0 spiro atoms. The van der Waals surface area contributed by atoms with Gasteiger partial charge in [-0.05, 0) is 41.5 Å². The van der Waals surface area contributed by atoms with E-state index in [4.69, 9.17) is 4.43 Å². The number of hydrogen-bond donors (Lipinski definition) is 1. The summed E-state index contributed by atoms with van der Waals surface area (Å²) < 4.78 is 17.4. The molecular formula is C28H47N3OSi3. The molecule has 4 nitrogen and oxygen atoms in total. The van der Waals surface area contributed by atoms with Crippen molar-refractivity contribution >= 4 is 36.7 Å². The molecule has 3 rings (SSSR count). The Labute approximate surface area is 217 Å². The van der Waals surface area contributed by atoms with E-state index >= 15 is 0 Å². The summed E-state index contributed by atoms with van der Waals surface area (Å²) >= 11 is 0. The summed E-state index contributed by atoms with van der Waals surface area (Å²) in [7, 11) is -6.64. The van der Waals surface area contributed by atoms with Crippen LogP contribution in [0.1, 0.15) is 52.7 Å². The number of nitrogens with zero attached hydrogens (tertiary/aromatic N) is 2. The van der Waals surface area contributed by atoms with Crippen molar-refractivity contribution in [2.24, 2.45) is 0 Å². The van der Waals surface area contributed by atoms with Crippen molar-refractivity contribution in [3.63, 3.8) is 0 Å². The van der Waals surface area contributed by atoms with Gasteiger partial charge in [0.25, 0.3) is 0 Å². The Morgan fingerprint density at radius 3 is 1.57 bits per heavy atom. The molecule has 0 bridgehead atoms. The highest BCUT2D eigenvalue weighted by molar-refractivity contribution is 6.94. The van der Waals surface area contributed by atoms with Crippen molar-refractivity contribution in [1.29, 1.82) is 0 Å². The second kappa shape index (κ2) is 9.34. The number of hydrogen-bond acceptors (Lipinski definition) is 4. The van der Waals surface area contributed by atoms with Crippen LogP contribution in [-0.4, -0.2) is 45.1 Å². The van der Waals surface area contributed by atoms with E-state index in [2.05, 4.69) is 155 Å². The van der Waals surface area contributed by atoms with Gasteiger partial charge >= 0.3 is 8.80 Å². The van der Waals surface area contributed by atoms with Gasteiger partial charge < -0.3 is 8.99 Å². The molecule has 1 atom stereocenters. The highest BCUT2D eigenvalue weighted by Gasteiger charge is 2.66. The van der Waals surface area contributed by atoms with E-state index in [9.17, 15) is 0 Å². The number of nitrogens with one attached hydrogen (secondary N) is 1. The SMILES string of the molecule is CC(C)(C)N1C(c2ccccc2)=C(c2ccccc2)O[Si@]1(N[Si](C)(C)C)N(C(C)(C)C)[Si](C)(C)C. The molecule has 0 radical (unpaired) electrons. The van der Waals surface area contributed by atoms with Crippen LogP contribution in [0.25, 0.3) is 11.5 Å². The quantitative estimate of drug-likeness (QED) is 0.397. The second-order valence-corrected chi connectivity index (χ2v) is 26.7. The van der Waals surface area contributed by atoms with Gasteiger partial charge in [-0.15, -0.1) is 0 Å². The van der Waals surface area contributed by atoms with E-state index in [0.29, 0.717) is 0 Å². The Bertz CT molecular complexity index is 1030. The summed E-state index contributed by atoms with van der Waals surface area (Å²) in [4.78, 5) is 0. The van der Waals surface area contributed by atoms with Crippen LogP contribution in [0.5, 0.6) is 0 Å². The van der Waals surface area contributed by atoms with Gasteiger partial charge in [-0.2, -0.15) is 0 Å². The summed E-state index contributed by atoms with van der Waals surface area (Å²) in [6.45, 7) is 28.7. The highest BCUT2D eigenvalue weighted by Crippen LogP contribution is 2.49. The molecule has 1 N–H and O–H groups in total. The molecule has 0 saturated heterocycles. The van der Waals surface area contributed by atoms with Crippen molar-refractivity contribution in [3.8, 4) is 0 Å². The van der Waals surface area contributed by atoms with Crippen LogP contribution in [0.3, 0.4) is 0 Å². The molecular weight excluding hydrogens is 479 g/mol. The van der Waals surface area contributed by atoms with Crippen molar-refractivity contribution < 1.29 is 4.43 Å². The molecule has 0 amide bonds. The molecule has 2 aromatic carbocycles. The van der Waals surface area contributed by atoms with Gasteiger partial charge in [0.15, 0.2) is 0 Å². The molecule has 0 aliphatic carbocycles. The molecule has 7 heteroatoms. The average Bonchev–Trinajstić information content (AvgIpc) is 3.00. The van der Waals surface area contributed by atoms with Gasteiger partial charge in [0.05, 0.1) is 5.70 Å². The Morgan fingerprint density at radius 2 is 1.20 bits per heavy atom. The standard InChI is InChI=1S/C28H47N3OSi3/c1-27(2,3)30-25(23-19-15-13-16-20-23)26(24-21-17-14-18-22-24)32-35(30,29-33(7,8)9)31(28(4,5)6)34(10,11)12/h13-22,29H,1-12H3/t35-/m0/s1. The predicted molar refractivity (Wildman–Crippen MR) is 160 cm³/mol. The van der Waals surface area contributed by atoms with Crippen LogP contribution in [0, 0.1) is 0 Å². The van der Waals surface area contributed by atoms with Crippen LogP contribution in [-0.2, 0) is 4.43 Å². The third-order valence-corrected chi connectivity index (χ3v) is 18.4. The minimum Gasteiger partial charge on any atom is -0.501 e. The summed E-state index contributed by atoms with van der Waals surface area (Å²) in [5, 5.41) is 0. The van der Waals surface area contributed by atoms with Crippen molar-refractivity contribution in [1.82, 2.24) is 13.4 Å². The monoisotopic (exact) mass is 525 g/mol. The average molecular weight is 526 g/mol. The fourth-order valence-electron chi connectivity index (χ4n) is 5.61. The molecule has 0 fully saturated rings. The van der Waals surface area contributed by atoms with Gasteiger partial charge in [-0.25, -0.2) is 0 Å². The van der Waals surface area contributed by atoms with Crippen molar-refractivity contribution in [2.75, 3.05) is 0 Å². The van der Waals surface area contributed by atoms with Gasteiger partial charge in [0.1, 0.15) is 22.2 Å². The molecule has 2 aromatic rings. The second-order valence-electron chi connectivity index (χ2n) is 13.7. The summed E-state index contributed by atoms with van der Waals surface area (Å²) in [5.74, 6) is 0.997. The summed E-state index contributed by atoms with van der Waals surface area (Å²) in [6.07, 6.45) is 0. The maximum absolute atomic E-state index is 7.56. The minimum atomic E-state index is -2.96. The van der Waals surface area contributed by atoms with E-state index in [0.717, 1.165) is 11.3 Å². The van der Waals surface area contributed by atoms with Crippen LogP contribution >= 0.6 is 0 Å². The lowest BCUT2D eigenvalue weighted by Gasteiger charge is -2.58. The maximum Gasteiger partial charge on any atom is 0.529 e. The lowest BCUT2D eigenvalue weighted by atomic mass is 10.0. The lowest BCUT2D eigenvalue weighted by molar-refractivity contribution is 0.210. The number of benzene rings is 2. The predicted octanol–water partition coefficient (Wildman–Crippen LogP) is 7.44. The van der Waals surface area contributed by atoms with E-state index in [1.54, 1.807) is 0 Å². The molecule has 1 aliphatic heterocycles. The first-order valence-corrected chi connectivity index (χ1v) is 21.6. The Kier molecular flexibility index (Phi) is 7.45. The molecule has 0 unspecified atom stereocenters. The summed E-state index contributed by atoms with van der Waals surface area (Å²) in [5.41, 5.74) is 3.31. The zero-order chi connectivity index (χ0) is 26.4. The lowest BCUT2D eigenvalue weighted by Crippen LogP contribution is -2.86. The Morgan fingerprint density at radius 1 is 0.743 bits per heavy atom. The maximum atomic E-state index is 7.56. The van der Waals surface area contributed by atoms with Crippen LogP contribution in [0.4, 0.5) is 0 Å². The smallest absolute Gasteiger partial charge is 0.501 e. The number of rotatable bonds is 6. The van der Waals surface area contributed by atoms with Crippen LogP contribution in [0.2, 0.25) is 39.3 Å². The first-order chi connectivity index (χ1) is 15.9. The summed E-state index contributed by atoms with van der Waals surface area (Å²) in [6, 6.07) is 21.5. The zero-order valence-corrected chi connectivity index (χ0v) is 27.1. The van der Waals surface area contributed by atoms with Crippen molar-refractivity contribution in [3.05, 3.63) is 71.8 Å². The van der Waals surface area contributed by atoms with E-state index in [-0.39, 0.29) is 11.1 Å². The molecule has 0 aromatic heterocycles. The van der Waals surface area contributed by atoms with Gasteiger partial charge in [-0.3, -0.25) is 8.88 Å². The first kappa shape index (κ1) is 27.9. The molecule has 35 heavy (non-hydrogen) atoms.